The lowest BCUT2D eigenvalue weighted by Gasteiger charge is -2.19. The molecule has 3 rings (SSSR count). The Hall–Kier alpha value is -2.87. The number of hydrogen-bond acceptors (Lipinski definition) is 6. The number of carbonyl (C=O) groups excluding carboxylic acids is 1. The second-order valence-electron chi connectivity index (χ2n) is 8.69. The molecule has 168 valence electrons. The minimum atomic E-state index is -0.455. The van der Waals surface area contributed by atoms with Gasteiger partial charge < -0.3 is 24.5 Å². The van der Waals surface area contributed by atoms with Crippen LogP contribution in [0.1, 0.15) is 40.3 Å². The van der Waals surface area contributed by atoms with Crippen LogP contribution in [0.4, 0.5) is 4.79 Å². The largest absolute Gasteiger partial charge is 0.490 e. The van der Waals surface area contributed by atoms with E-state index in [9.17, 15) is 4.79 Å². The summed E-state index contributed by atoms with van der Waals surface area (Å²) >= 11 is 0. The molecule has 0 aliphatic heterocycles. The molecule has 0 aliphatic rings. The van der Waals surface area contributed by atoms with E-state index in [4.69, 9.17) is 19.2 Å². The summed E-state index contributed by atoms with van der Waals surface area (Å²) in [6.07, 6.45) is 2.04. The van der Waals surface area contributed by atoms with Crippen molar-refractivity contribution in [2.75, 3.05) is 26.4 Å². The van der Waals surface area contributed by atoms with E-state index in [0.29, 0.717) is 24.9 Å². The molecule has 2 aromatic heterocycles. The van der Waals surface area contributed by atoms with Crippen LogP contribution in [0, 0.1) is 5.92 Å². The van der Waals surface area contributed by atoms with E-state index in [1.165, 1.54) is 0 Å². The van der Waals surface area contributed by atoms with Crippen LogP contribution in [0.5, 0.6) is 5.75 Å². The maximum Gasteiger partial charge on any atom is 0.407 e. The molecule has 0 saturated heterocycles. The molecule has 1 aromatic carbocycles. The number of carbonyl (C=O) groups is 1. The van der Waals surface area contributed by atoms with Gasteiger partial charge in [0.25, 0.3) is 0 Å². The minimum Gasteiger partial charge on any atom is -0.490 e. The van der Waals surface area contributed by atoms with Crippen LogP contribution >= 0.6 is 0 Å². The van der Waals surface area contributed by atoms with Crippen LogP contribution in [0.3, 0.4) is 0 Å². The first kappa shape index (κ1) is 22.8. The number of benzene rings is 1. The van der Waals surface area contributed by atoms with E-state index in [1.807, 2.05) is 45.9 Å². The highest BCUT2D eigenvalue weighted by molar-refractivity contribution is 6.03. The standard InChI is InChI=1S/C23H32N4O4/c1-6-29-13-15(2)11-19-21-20(24-14-25-21)17-12-16(7-8-18(17)26-19)30-9-10-31-22(28)27-23(3,4)5/h7-8,12,14-15H,6,9-11,13H2,1-5H3,(H,24,25)(H,27,28). The molecular weight excluding hydrogens is 396 g/mol. The van der Waals surface area contributed by atoms with Gasteiger partial charge in [-0.15, -0.1) is 0 Å². The van der Waals surface area contributed by atoms with E-state index in [0.717, 1.165) is 34.1 Å². The van der Waals surface area contributed by atoms with Crippen LogP contribution < -0.4 is 10.1 Å². The van der Waals surface area contributed by atoms with Crippen molar-refractivity contribution in [1.82, 2.24) is 20.3 Å². The number of rotatable bonds is 9. The molecule has 0 bridgehead atoms. The number of nitrogens with one attached hydrogen (secondary N) is 2. The molecule has 2 N–H and O–H groups in total. The lowest BCUT2D eigenvalue weighted by Crippen LogP contribution is -2.41. The first-order valence-corrected chi connectivity index (χ1v) is 10.7. The second kappa shape index (κ2) is 9.96. The van der Waals surface area contributed by atoms with Gasteiger partial charge in [-0.05, 0) is 58.2 Å². The Morgan fingerprint density at radius 3 is 2.81 bits per heavy atom. The van der Waals surface area contributed by atoms with E-state index in [-0.39, 0.29) is 18.8 Å². The second-order valence-corrected chi connectivity index (χ2v) is 8.69. The van der Waals surface area contributed by atoms with Gasteiger partial charge in [-0.2, -0.15) is 0 Å². The number of pyridine rings is 1. The minimum absolute atomic E-state index is 0.159. The summed E-state index contributed by atoms with van der Waals surface area (Å²) in [6.45, 7) is 11.7. The lowest BCUT2D eigenvalue weighted by molar-refractivity contribution is 0.116. The molecule has 0 aliphatic carbocycles. The van der Waals surface area contributed by atoms with E-state index in [2.05, 4.69) is 22.2 Å². The normalized spacial score (nSPS) is 12.8. The van der Waals surface area contributed by atoms with Gasteiger partial charge in [0.2, 0.25) is 0 Å². The van der Waals surface area contributed by atoms with Crippen LogP contribution in [-0.4, -0.2) is 53.0 Å². The number of fused-ring (bicyclic) bond motifs is 3. The third-order valence-corrected chi connectivity index (χ3v) is 4.62. The van der Waals surface area contributed by atoms with E-state index >= 15 is 0 Å². The Labute approximate surface area is 182 Å². The summed E-state index contributed by atoms with van der Waals surface area (Å²) < 4.78 is 16.5. The molecule has 0 saturated carbocycles. The van der Waals surface area contributed by atoms with Crippen molar-refractivity contribution < 1.29 is 19.0 Å². The summed E-state index contributed by atoms with van der Waals surface area (Å²) in [7, 11) is 0. The monoisotopic (exact) mass is 428 g/mol. The van der Waals surface area contributed by atoms with Crippen LogP contribution in [0.2, 0.25) is 0 Å². The van der Waals surface area contributed by atoms with Gasteiger partial charge in [-0.25, -0.2) is 9.78 Å². The maximum absolute atomic E-state index is 11.7. The summed E-state index contributed by atoms with van der Waals surface area (Å²) in [5.41, 5.74) is 3.33. The van der Waals surface area contributed by atoms with Crippen LogP contribution in [-0.2, 0) is 15.9 Å². The molecule has 31 heavy (non-hydrogen) atoms. The average molecular weight is 429 g/mol. The Bertz CT molecular complexity index is 1030. The molecule has 0 radical (unpaired) electrons. The van der Waals surface area contributed by atoms with E-state index in [1.54, 1.807) is 6.33 Å². The lowest BCUT2D eigenvalue weighted by atomic mass is 10.0. The fourth-order valence-electron chi connectivity index (χ4n) is 3.30. The van der Waals surface area contributed by atoms with Crippen molar-refractivity contribution >= 4 is 28.0 Å². The number of nitrogens with zero attached hydrogens (tertiary/aromatic N) is 2. The summed E-state index contributed by atoms with van der Waals surface area (Å²) in [5.74, 6) is 1.03. The number of aromatic nitrogens is 3. The summed E-state index contributed by atoms with van der Waals surface area (Å²) in [6, 6.07) is 5.73. The molecule has 2 heterocycles. The molecule has 1 amide bonds. The van der Waals surface area contributed by atoms with Crippen molar-refractivity contribution in [3.05, 3.63) is 30.2 Å². The zero-order chi connectivity index (χ0) is 22.4. The number of hydrogen-bond donors (Lipinski definition) is 2. The highest BCUT2D eigenvalue weighted by atomic mass is 16.6. The smallest absolute Gasteiger partial charge is 0.407 e. The van der Waals surface area contributed by atoms with Gasteiger partial charge in [0.1, 0.15) is 19.0 Å². The number of ether oxygens (including phenoxy) is 3. The molecule has 3 aromatic rings. The molecule has 0 spiro atoms. The predicted molar refractivity (Wildman–Crippen MR) is 120 cm³/mol. The zero-order valence-corrected chi connectivity index (χ0v) is 18.9. The van der Waals surface area contributed by atoms with Gasteiger partial charge >= 0.3 is 6.09 Å². The summed E-state index contributed by atoms with van der Waals surface area (Å²) in [5, 5.41) is 3.66. The Morgan fingerprint density at radius 1 is 1.26 bits per heavy atom. The van der Waals surface area contributed by atoms with Crippen molar-refractivity contribution in [2.24, 2.45) is 5.92 Å². The van der Waals surface area contributed by atoms with Gasteiger partial charge in [0.15, 0.2) is 0 Å². The number of H-pyrrole nitrogens is 1. The first-order chi connectivity index (χ1) is 14.8. The number of imidazole rings is 1. The average Bonchev–Trinajstić information content (AvgIpc) is 3.19. The van der Waals surface area contributed by atoms with Gasteiger partial charge in [0.05, 0.1) is 28.6 Å². The fourth-order valence-corrected chi connectivity index (χ4v) is 3.30. The highest BCUT2D eigenvalue weighted by Gasteiger charge is 2.16. The Balaban J connectivity index is 1.68. The number of amides is 1. The molecular formula is C23H32N4O4. The molecule has 8 heteroatoms. The van der Waals surface area contributed by atoms with Gasteiger partial charge in [-0.3, -0.25) is 4.98 Å². The summed E-state index contributed by atoms with van der Waals surface area (Å²) in [4.78, 5) is 24.3. The van der Waals surface area contributed by atoms with Crippen LogP contribution in [0.25, 0.3) is 21.9 Å². The quantitative estimate of drug-likeness (QED) is 0.495. The number of aromatic amines is 1. The van der Waals surface area contributed by atoms with Crippen molar-refractivity contribution in [2.45, 2.75) is 46.6 Å². The Morgan fingerprint density at radius 2 is 2.06 bits per heavy atom. The van der Waals surface area contributed by atoms with Crippen molar-refractivity contribution in [3.63, 3.8) is 0 Å². The molecule has 1 atom stereocenters. The van der Waals surface area contributed by atoms with Crippen molar-refractivity contribution in [3.8, 4) is 5.75 Å². The predicted octanol–water partition coefficient (Wildman–Crippen LogP) is 4.23. The zero-order valence-electron chi connectivity index (χ0n) is 18.9. The van der Waals surface area contributed by atoms with Crippen molar-refractivity contribution in [1.29, 1.82) is 0 Å². The highest BCUT2D eigenvalue weighted by Crippen LogP contribution is 2.28. The molecule has 8 nitrogen and oxygen atoms in total. The third kappa shape index (κ3) is 6.30. The number of alkyl carbamates (subject to hydrolysis) is 1. The van der Waals surface area contributed by atoms with Crippen LogP contribution in [0.15, 0.2) is 24.5 Å². The maximum atomic E-state index is 11.7. The third-order valence-electron chi connectivity index (χ3n) is 4.62. The van der Waals surface area contributed by atoms with E-state index < -0.39 is 6.09 Å². The molecule has 0 fully saturated rings. The SMILES string of the molecule is CCOCC(C)Cc1nc2ccc(OCCOC(=O)NC(C)(C)C)cc2c2nc[nH]c12. The van der Waals surface area contributed by atoms with Gasteiger partial charge in [0, 0.05) is 24.1 Å². The first-order valence-electron chi connectivity index (χ1n) is 10.7. The topological polar surface area (TPSA) is 98.4 Å². The Kier molecular flexibility index (Phi) is 7.33. The van der Waals surface area contributed by atoms with Gasteiger partial charge in [-0.1, -0.05) is 6.92 Å². The fraction of sp³-hybridized carbons (Fsp3) is 0.522. The molecule has 1 unspecified atom stereocenters.